The van der Waals surface area contributed by atoms with E-state index < -0.39 is 17.4 Å². The molecule has 1 N–H and O–H groups in total. The zero-order valence-corrected chi connectivity index (χ0v) is 19.0. The molecular weight excluding hydrogens is 482 g/mol. The molecule has 0 bridgehead atoms. The molecular formula is C23H19BrClN3O3. The van der Waals surface area contributed by atoms with Crippen molar-refractivity contribution in [1.29, 1.82) is 0 Å². The summed E-state index contributed by atoms with van der Waals surface area (Å²) in [6.07, 6.45) is 1.69. The first-order chi connectivity index (χ1) is 14.9. The van der Waals surface area contributed by atoms with Gasteiger partial charge in [-0.05, 0) is 62.2 Å². The molecule has 3 saturated heterocycles. The van der Waals surface area contributed by atoms with Crippen molar-refractivity contribution >= 4 is 56.6 Å². The third-order valence-electron chi connectivity index (χ3n) is 7.45. The number of fused-ring (bicyclic) bond motifs is 7. The number of rotatable bonds is 1. The molecule has 4 aliphatic heterocycles. The summed E-state index contributed by atoms with van der Waals surface area (Å²) in [6, 6.07) is 10.6. The highest BCUT2D eigenvalue weighted by atomic mass is 79.9. The summed E-state index contributed by atoms with van der Waals surface area (Å²) in [7, 11) is 0. The van der Waals surface area contributed by atoms with Gasteiger partial charge in [0.15, 0.2) is 0 Å². The zero-order chi connectivity index (χ0) is 21.7. The molecule has 31 heavy (non-hydrogen) atoms. The van der Waals surface area contributed by atoms with Gasteiger partial charge in [0, 0.05) is 21.1 Å². The second kappa shape index (κ2) is 6.40. The second-order valence-electron chi connectivity index (χ2n) is 8.71. The Morgan fingerprint density at radius 2 is 1.84 bits per heavy atom. The van der Waals surface area contributed by atoms with E-state index in [1.54, 1.807) is 18.2 Å². The van der Waals surface area contributed by atoms with Gasteiger partial charge in [-0.1, -0.05) is 33.6 Å². The smallest absolute Gasteiger partial charge is 0.250 e. The van der Waals surface area contributed by atoms with Crippen molar-refractivity contribution in [2.75, 3.05) is 16.8 Å². The highest BCUT2D eigenvalue weighted by Gasteiger charge is 2.74. The van der Waals surface area contributed by atoms with Crippen LogP contribution >= 0.6 is 27.5 Å². The van der Waals surface area contributed by atoms with E-state index in [9.17, 15) is 14.4 Å². The van der Waals surface area contributed by atoms with Crippen molar-refractivity contribution < 1.29 is 14.4 Å². The number of imide groups is 1. The molecule has 0 aromatic heterocycles. The molecule has 0 unspecified atom stereocenters. The first kappa shape index (κ1) is 19.5. The Bertz CT molecular complexity index is 1180. The molecule has 4 heterocycles. The van der Waals surface area contributed by atoms with Gasteiger partial charge >= 0.3 is 0 Å². The van der Waals surface area contributed by atoms with Gasteiger partial charge in [-0.25, -0.2) is 4.90 Å². The Kier molecular flexibility index (Phi) is 4.02. The fraction of sp³-hybridized carbons (Fsp3) is 0.348. The molecule has 0 saturated carbocycles. The number of nitrogens with one attached hydrogen (secondary N) is 1. The first-order valence-electron chi connectivity index (χ1n) is 10.4. The minimum absolute atomic E-state index is 0.130. The summed E-state index contributed by atoms with van der Waals surface area (Å²) in [5, 5.41) is 3.57. The van der Waals surface area contributed by atoms with Crippen LogP contribution in [0.3, 0.4) is 0 Å². The maximum atomic E-state index is 13.8. The highest BCUT2D eigenvalue weighted by Crippen LogP contribution is 2.61. The van der Waals surface area contributed by atoms with Crippen LogP contribution in [-0.4, -0.2) is 35.2 Å². The molecule has 2 aromatic rings. The first-order valence-corrected chi connectivity index (χ1v) is 11.6. The molecule has 3 amide bonds. The third-order valence-corrected chi connectivity index (χ3v) is 8.39. The predicted octanol–water partition coefficient (Wildman–Crippen LogP) is 3.84. The van der Waals surface area contributed by atoms with Gasteiger partial charge in [0.2, 0.25) is 17.7 Å². The van der Waals surface area contributed by atoms with Crippen molar-refractivity contribution in [2.45, 2.75) is 31.3 Å². The van der Waals surface area contributed by atoms with Gasteiger partial charge < -0.3 is 5.32 Å². The number of benzene rings is 2. The molecule has 8 heteroatoms. The summed E-state index contributed by atoms with van der Waals surface area (Å²) >= 11 is 9.73. The summed E-state index contributed by atoms with van der Waals surface area (Å²) in [6.45, 7) is 2.55. The van der Waals surface area contributed by atoms with Crippen molar-refractivity contribution in [2.24, 2.45) is 11.8 Å². The van der Waals surface area contributed by atoms with Crippen LogP contribution in [-0.2, 0) is 19.9 Å². The van der Waals surface area contributed by atoms with Crippen LogP contribution in [0.1, 0.15) is 24.0 Å². The molecule has 0 radical (unpaired) electrons. The number of carbonyl (C=O) groups is 3. The molecule has 3 fully saturated rings. The molecule has 6 rings (SSSR count). The molecule has 4 atom stereocenters. The van der Waals surface area contributed by atoms with Gasteiger partial charge in [-0.2, -0.15) is 0 Å². The Labute approximate surface area is 192 Å². The van der Waals surface area contributed by atoms with Crippen molar-refractivity contribution in [3.63, 3.8) is 0 Å². The maximum absolute atomic E-state index is 13.8. The van der Waals surface area contributed by atoms with Gasteiger partial charge in [-0.15, -0.1) is 0 Å². The van der Waals surface area contributed by atoms with E-state index in [-0.39, 0.29) is 23.8 Å². The van der Waals surface area contributed by atoms with Crippen LogP contribution in [0.15, 0.2) is 40.9 Å². The summed E-state index contributed by atoms with van der Waals surface area (Å²) < 4.78 is 0.866. The van der Waals surface area contributed by atoms with Crippen LogP contribution in [0, 0.1) is 18.8 Å². The standard InChI is InChI=1S/C23H19BrClN3O3/c1-11-15(25)9-8-14-19(11)26-22(31)23(14)18-17(16-3-2-10-27(16)23)20(29)28(21(18)30)13-6-4-12(24)5-7-13/h4-9,16-18H,2-3,10H2,1H3,(H,26,31)/t16-,17-,18-,23-/m0/s1. The average molecular weight is 501 g/mol. The normalized spacial score (nSPS) is 31.4. The van der Waals surface area contributed by atoms with Gasteiger partial charge in [0.25, 0.3) is 0 Å². The van der Waals surface area contributed by atoms with Crippen molar-refractivity contribution in [3.05, 3.63) is 57.0 Å². The monoisotopic (exact) mass is 499 g/mol. The van der Waals surface area contributed by atoms with Crippen molar-refractivity contribution in [3.8, 4) is 0 Å². The SMILES string of the molecule is Cc1c(Cl)ccc2c1NC(=O)[C@@]21[C@@H]2C(=O)N(c3ccc(Br)cc3)C(=O)[C@H]2[C@@H]2CCCN21. The molecule has 6 nitrogen and oxygen atoms in total. The van der Waals surface area contributed by atoms with E-state index in [4.69, 9.17) is 11.6 Å². The fourth-order valence-corrected chi connectivity index (χ4v) is 6.66. The Morgan fingerprint density at radius 1 is 1.10 bits per heavy atom. The van der Waals surface area contributed by atoms with Crippen LogP contribution in [0.4, 0.5) is 11.4 Å². The van der Waals surface area contributed by atoms with E-state index in [1.165, 1.54) is 4.90 Å². The number of carbonyl (C=O) groups excluding carboxylic acids is 3. The Hall–Kier alpha value is -2.22. The topological polar surface area (TPSA) is 69.7 Å². The minimum atomic E-state index is -1.17. The fourth-order valence-electron chi connectivity index (χ4n) is 6.24. The lowest BCUT2D eigenvalue weighted by Crippen LogP contribution is -2.54. The predicted molar refractivity (Wildman–Crippen MR) is 120 cm³/mol. The Morgan fingerprint density at radius 3 is 2.58 bits per heavy atom. The van der Waals surface area contributed by atoms with Gasteiger partial charge in [0.1, 0.15) is 5.54 Å². The zero-order valence-electron chi connectivity index (χ0n) is 16.7. The van der Waals surface area contributed by atoms with Crippen molar-refractivity contribution in [1.82, 2.24) is 4.90 Å². The minimum Gasteiger partial charge on any atom is -0.324 e. The largest absolute Gasteiger partial charge is 0.324 e. The summed E-state index contributed by atoms with van der Waals surface area (Å²) in [4.78, 5) is 44.5. The number of amides is 3. The number of nitrogens with zero attached hydrogens (tertiary/aromatic N) is 2. The summed E-state index contributed by atoms with van der Waals surface area (Å²) in [5.41, 5.74) is 1.58. The average Bonchev–Trinajstić information content (AvgIpc) is 3.45. The van der Waals surface area contributed by atoms with E-state index in [2.05, 4.69) is 26.1 Å². The lowest BCUT2D eigenvalue weighted by molar-refractivity contribution is -0.135. The lowest BCUT2D eigenvalue weighted by atomic mass is 9.75. The van der Waals surface area contributed by atoms with E-state index >= 15 is 0 Å². The van der Waals surface area contributed by atoms with Gasteiger partial charge in [0.05, 0.1) is 23.2 Å². The van der Waals surface area contributed by atoms with Gasteiger partial charge in [-0.3, -0.25) is 19.3 Å². The highest BCUT2D eigenvalue weighted by molar-refractivity contribution is 9.10. The molecule has 2 aromatic carbocycles. The summed E-state index contributed by atoms with van der Waals surface area (Å²) in [5.74, 6) is -2.03. The lowest BCUT2D eigenvalue weighted by Gasteiger charge is -2.36. The number of hydrogen-bond acceptors (Lipinski definition) is 4. The molecule has 4 aliphatic rings. The molecule has 158 valence electrons. The van der Waals surface area contributed by atoms with Crippen LogP contribution in [0.2, 0.25) is 5.02 Å². The van der Waals surface area contributed by atoms with E-state index in [0.717, 1.165) is 28.4 Å². The number of halogens is 2. The quantitative estimate of drug-likeness (QED) is 0.604. The third kappa shape index (κ3) is 2.24. The van der Waals surface area contributed by atoms with Crippen LogP contribution < -0.4 is 10.2 Å². The maximum Gasteiger partial charge on any atom is 0.250 e. The van der Waals surface area contributed by atoms with E-state index in [1.807, 2.05) is 25.1 Å². The molecule has 0 aliphatic carbocycles. The van der Waals surface area contributed by atoms with Crippen LogP contribution in [0.25, 0.3) is 0 Å². The number of anilines is 2. The second-order valence-corrected chi connectivity index (χ2v) is 10.0. The number of hydrogen-bond donors (Lipinski definition) is 1. The molecule has 1 spiro atoms. The van der Waals surface area contributed by atoms with Crippen LogP contribution in [0.5, 0.6) is 0 Å². The van der Waals surface area contributed by atoms with E-state index in [0.29, 0.717) is 22.9 Å². The Balaban J connectivity index is 1.56.